The average Bonchev–Trinajstić information content (AvgIpc) is 2.67. The van der Waals surface area contributed by atoms with Crippen LogP contribution in [0.25, 0.3) is 0 Å². The number of hydrogen-bond donors (Lipinski definition) is 3. The zero-order chi connectivity index (χ0) is 21.9. The van der Waals surface area contributed by atoms with Crippen LogP contribution in [0.3, 0.4) is 0 Å². The van der Waals surface area contributed by atoms with Crippen molar-refractivity contribution in [2.45, 2.75) is 37.5 Å². The maximum absolute atomic E-state index is 13.5. The molecule has 0 spiro atoms. The molecular weight excluding hydrogens is 412 g/mol. The van der Waals surface area contributed by atoms with Gasteiger partial charge in [0.25, 0.3) is 15.9 Å². The number of aryl methyl sites for hydroxylation is 1. The summed E-state index contributed by atoms with van der Waals surface area (Å²) < 4.78 is 54.9. The number of carbonyl (C=O) groups is 1. The van der Waals surface area contributed by atoms with E-state index in [-0.39, 0.29) is 28.0 Å². The highest BCUT2D eigenvalue weighted by molar-refractivity contribution is 7.92. The van der Waals surface area contributed by atoms with Gasteiger partial charge in [0.05, 0.1) is 4.90 Å². The number of anilines is 2. The summed E-state index contributed by atoms with van der Waals surface area (Å²) in [6.45, 7) is 3.96. The standard InChI is InChI=1S/C21H25F2N3O3S/c1-14-12-17(25-20(27)15-8-10-24-11-9-15)6-7-19(14)30(28,29)26-18-5-3-4-16(13-18)21(2,22)23/h3-7,12-13,15,24,26H,8-11H2,1-2H3,(H,25,27). The van der Waals surface area contributed by atoms with Gasteiger partial charge in [-0.05, 0) is 68.8 Å². The van der Waals surface area contributed by atoms with Crippen molar-refractivity contribution in [1.82, 2.24) is 5.32 Å². The second-order valence-corrected chi connectivity index (χ2v) is 9.22. The van der Waals surface area contributed by atoms with Gasteiger partial charge in [-0.2, -0.15) is 0 Å². The Morgan fingerprint density at radius 3 is 2.43 bits per heavy atom. The quantitative estimate of drug-likeness (QED) is 0.641. The van der Waals surface area contributed by atoms with Crippen LogP contribution in [0.15, 0.2) is 47.4 Å². The summed E-state index contributed by atoms with van der Waals surface area (Å²) in [7, 11) is -3.99. The van der Waals surface area contributed by atoms with Crippen molar-refractivity contribution >= 4 is 27.3 Å². The van der Waals surface area contributed by atoms with Gasteiger partial charge in [-0.15, -0.1) is 0 Å². The Labute approximate surface area is 175 Å². The third-order valence-electron chi connectivity index (χ3n) is 5.06. The van der Waals surface area contributed by atoms with Crippen molar-refractivity contribution in [2.75, 3.05) is 23.1 Å². The second kappa shape index (κ2) is 8.69. The minimum atomic E-state index is -3.99. The van der Waals surface area contributed by atoms with Crippen molar-refractivity contribution < 1.29 is 22.0 Å². The highest BCUT2D eigenvalue weighted by Crippen LogP contribution is 2.30. The van der Waals surface area contributed by atoms with Crippen molar-refractivity contribution in [3.05, 3.63) is 53.6 Å². The summed E-state index contributed by atoms with van der Waals surface area (Å²) in [6.07, 6.45) is 1.52. The number of halogens is 2. The Morgan fingerprint density at radius 2 is 1.80 bits per heavy atom. The van der Waals surface area contributed by atoms with Crippen LogP contribution >= 0.6 is 0 Å². The Balaban J connectivity index is 1.76. The number of amides is 1. The molecule has 1 amide bonds. The van der Waals surface area contributed by atoms with Crippen molar-refractivity contribution in [1.29, 1.82) is 0 Å². The minimum Gasteiger partial charge on any atom is -0.326 e. The molecule has 0 saturated carbocycles. The smallest absolute Gasteiger partial charge is 0.270 e. The predicted molar refractivity (Wildman–Crippen MR) is 112 cm³/mol. The zero-order valence-corrected chi connectivity index (χ0v) is 17.7. The molecule has 1 saturated heterocycles. The normalized spacial score (nSPS) is 15.6. The van der Waals surface area contributed by atoms with Crippen LogP contribution in [0.5, 0.6) is 0 Å². The van der Waals surface area contributed by atoms with Gasteiger partial charge in [0.15, 0.2) is 0 Å². The second-order valence-electron chi connectivity index (χ2n) is 7.57. The van der Waals surface area contributed by atoms with E-state index in [9.17, 15) is 22.0 Å². The molecule has 9 heteroatoms. The number of rotatable bonds is 6. The third-order valence-corrected chi connectivity index (χ3v) is 6.61. The molecule has 0 aliphatic carbocycles. The maximum atomic E-state index is 13.5. The van der Waals surface area contributed by atoms with Crippen molar-refractivity contribution in [3.63, 3.8) is 0 Å². The fraction of sp³-hybridized carbons (Fsp3) is 0.381. The third kappa shape index (κ3) is 5.34. The molecule has 0 aromatic heterocycles. The van der Waals surface area contributed by atoms with Gasteiger partial charge in [-0.1, -0.05) is 12.1 Å². The number of carbonyl (C=O) groups excluding carboxylic acids is 1. The minimum absolute atomic E-state index is 0.0102. The molecule has 30 heavy (non-hydrogen) atoms. The molecule has 0 radical (unpaired) electrons. The molecule has 0 bridgehead atoms. The van der Waals surface area contributed by atoms with Crippen LogP contribution in [0.4, 0.5) is 20.2 Å². The first kappa shape index (κ1) is 22.2. The molecule has 162 valence electrons. The van der Waals surface area contributed by atoms with E-state index in [0.29, 0.717) is 11.3 Å². The molecular formula is C21H25F2N3O3S. The predicted octanol–water partition coefficient (Wildman–Crippen LogP) is 3.85. The number of sulfonamides is 1. The van der Waals surface area contributed by atoms with E-state index >= 15 is 0 Å². The summed E-state index contributed by atoms with van der Waals surface area (Å²) in [5.41, 5.74) is 0.720. The van der Waals surface area contributed by atoms with Crippen LogP contribution in [0, 0.1) is 12.8 Å². The summed E-state index contributed by atoms with van der Waals surface area (Å²) in [4.78, 5) is 12.4. The zero-order valence-electron chi connectivity index (χ0n) is 16.8. The molecule has 6 nitrogen and oxygen atoms in total. The first-order valence-electron chi connectivity index (χ1n) is 9.70. The van der Waals surface area contributed by atoms with Gasteiger partial charge < -0.3 is 10.6 Å². The van der Waals surface area contributed by atoms with Gasteiger partial charge in [-0.3, -0.25) is 9.52 Å². The lowest BCUT2D eigenvalue weighted by Crippen LogP contribution is -2.34. The summed E-state index contributed by atoms with van der Waals surface area (Å²) in [5.74, 6) is -3.23. The molecule has 1 fully saturated rings. The molecule has 2 aromatic carbocycles. The number of piperidine rings is 1. The van der Waals surface area contributed by atoms with Crippen LogP contribution in [0.2, 0.25) is 0 Å². The van der Waals surface area contributed by atoms with Gasteiger partial charge in [-0.25, -0.2) is 17.2 Å². The van der Waals surface area contributed by atoms with Gasteiger partial charge in [0.1, 0.15) is 0 Å². The number of nitrogens with one attached hydrogen (secondary N) is 3. The Bertz CT molecular complexity index is 1030. The largest absolute Gasteiger partial charge is 0.326 e. The molecule has 3 rings (SSSR count). The summed E-state index contributed by atoms with van der Waals surface area (Å²) in [5, 5.41) is 6.04. The van der Waals surface area contributed by atoms with Crippen LogP contribution in [-0.2, 0) is 20.7 Å². The van der Waals surface area contributed by atoms with E-state index in [0.717, 1.165) is 38.9 Å². The molecule has 0 unspecified atom stereocenters. The maximum Gasteiger partial charge on any atom is 0.270 e. The SMILES string of the molecule is Cc1cc(NC(=O)C2CCNCC2)ccc1S(=O)(=O)Nc1cccc(C(C)(F)F)c1. The highest BCUT2D eigenvalue weighted by Gasteiger charge is 2.25. The van der Waals surface area contributed by atoms with Crippen LogP contribution in [0.1, 0.15) is 30.9 Å². The van der Waals surface area contributed by atoms with E-state index in [1.807, 2.05) is 0 Å². The molecule has 0 atom stereocenters. The number of alkyl halides is 2. The lowest BCUT2D eigenvalue weighted by molar-refractivity contribution is -0.120. The lowest BCUT2D eigenvalue weighted by Gasteiger charge is -2.22. The van der Waals surface area contributed by atoms with E-state index in [2.05, 4.69) is 15.4 Å². The summed E-state index contributed by atoms with van der Waals surface area (Å²) in [6, 6.07) is 9.64. The average molecular weight is 438 g/mol. The Kier molecular flexibility index (Phi) is 6.42. The fourth-order valence-corrected chi connectivity index (χ4v) is 4.70. The molecule has 1 heterocycles. The molecule has 2 aromatic rings. The molecule has 1 aliphatic rings. The van der Waals surface area contributed by atoms with Gasteiger partial charge >= 0.3 is 0 Å². The monoisotopic (exact) mass is 437 g/mol. The van der Waals surface area contributed by atoms with Crippen LogP contribution < -0.4 is 15.4 Å². The van der Waals surface area contributed by atoms with Crippen LogP contribution in [-0.4, -0.2) is 27.4 Å². The first-order valence-corrected chi connectivity index (χ1v) is 11.2. The lowest BCUT2D eigenvalue weighted by atomic mass is 9.97. The van der Waals surface area contributed by atoms with Crippen molar-refractivity contribution in [3.8, 4) is 0 Å². The van der Waals surface area contributed by atoms with E-state index in [1.165, 1.54) is 30.3 Å². The Hall–Kier alpha value is -2.52. The van der Waals surface area contributed by atoms with E-state index in [4.69, 9.17) is 0 Å². The first-order chi connectivity index (χ1) is 14.1. The van der Waals surface area contributed by atoms with Gasteiger partial charge in [0, 0.05) is 29.8 Å². The molecule has 3 N–H and O–H groups in total. The van der Waals surface area contributed by atoms with Crippen molar-refractivity contribution in [2.24, 2.45) is 5.92 Å². The topological polar surface area (TPSA) is 87.3 Å². The van der Waals surface area contributed by atoms with E-state index in [1.54, 1.807) is 13.0 Å². The molecule has 1 aliphatic heterocycles. The summed E-state index contributed by atoms with van der Waals surface area (Å²) >= 11 is 0. The fourth-order valence-electron chi connectivity index (χ4n) is 3.42. The highest BCUT2D eigenvalue weighted by atomic mass is 32.2. The van der Waals surface area contributed by atoms with E-state index < -0.39 is 15.9 Å². The number of benzene rings is 2. The Morgan fingerprint density at radius 1 is 1.10 bits per heavy atom. The van der Waals surface area contributed by atoms with Gasteiger partial charge in [0.2, 0.25) is 5.91 Å². The number of hydrogen-bond acceptors (Lipinski definition) is 4.